The first-order chi connectivity index (χ1) is 8.97. The van der Waals surface area contributed by atoms with Crippen molar-refractivity contribution in [3.05, 3.63) is 27.7 Å². The van der Waals surface area contributed by atoms with Crippen molar-refractivity contribution in [2.45, 2.75) is 40.2 Å². The number of hydrogen-bond donors (Lipinski definition) is 1. The molecular formula is C16H25BrN2. The summed E-state index contributed by atoms with van der Waals surface area (Å²) in [4.78, 5) is 2.56. The summed E-state index contributed by atoms with van der Waals surface area (Å²) in [7, 11) is 0. The summed E-state index contributed by atoms with van der Waals surface area (Å²) in [6, 6.07) is 5.04. The molecule has 2 nitrogen and oxygen atoms in total. The molecule has 1 fully saturated rings. The van der Waals surface area contributed by atoms with Crippen LogP contribution in [0.25, 0.3) is 0 Å². The Kier molecular flexibility index (Phi) is 4.91. The van der Waals surface area contributed by atoms with Gasteiger partial charge in [0, 0.05) is 29.3 Å². The van der Waals surface area contributed by atoms with Crippen molar-refractivity contribution in [3.8, 4) is 0 Å². The number of halogens is 1. The third-order valence-corrected chi connectivity index (χ3v) is 4.33. The van der Waals surface area contributed by atoms with Crippen LogP contribution in [0.1, 0.15) is 31.4 Å². The van der Waals surface area contributed by atoms with Crippen molar-refractivity contribution in [1.82, 2.24) is 5.32 Å². The van der Waals surface area contributed by atoms with Gasteiger partial charge in [-0.05, 0) is 56.0 Å². The van der Waals surface area contributed by atoms with Gasteiger partial charge < -0.3 is 10.2 Å². The Morgan fingerprint density at radius 2 is 1.95 bits per heavy atom. The van der Waals surface area contributed by atoms with Crippen LogP contribution in [0.15, 0.2) is 16.6 Å². The third-order valence-electron chi connectivity index (χ3n) is 3.87. The van der Waals surface area contributed by atoms with Crippen LogP contribution in [0.4, 0.5) is 5.69 Å². The van der Waals surface area contributed by atoms with E-state index in [2.05, 4.69) is 66.0 Å². The maximum Gasteiger partial charge on any atom is 0.0426 e. The van der Waals surface area contributed by atoms with Crippen LogP contribution in [-0.2, 0) is 0 Å². The highest BCUT2D eigenvalue weighted by Crippen LogP contribution is 2.32. The number of anilines is 1. The number of benzene rings is 1. The Hall–Kier alpha value is -0.540. The topological polar surface area (TPSA) is 15.3 Å². The summed E-state index contributed by atoms with van der Waals surface area (Å²) in [6.07, 6.45) is 1.30. The average Bonchev–Trinajstić information content (AvgIpc) is 2.73. The lowest BCUT2D eigenvalue weighted by molar-refractivity contribution is 0.480. The van der Waals surface area contributed by atoms with Crippen LogP contribution in [0.5, 0.6) is 0 Å². The normalized spacial score (nSPS) is 19.5. The second-order valence-electron chi connectivity index (χ2n) is 6.05. The first-order valence-electron chi connectivity index (χ1n) is 7.22. The molecule has 0 saturated carbocycles. The molecule has 0 spiro atoms. The van der Waals surface area contributed by atoms with Crippen LogP contribution in [-0.4, -0.2) is 25.7 Å². The van der Waals surface area contributed by atoms with Gasteiger partial charge in [-0.15, -0.1) is 0 Å². The Balaban J connectivity index is 2.05. The fourth-order valence-electron chi connectivity index (χ4n) is 3.01. The van der Waals surface area contributed by atoms with Crippen molar-refractivity contribution in [2.75, 3.05) is 24.5 Å². The third kappa shape index (κ3) is 3.73. The summed E-state index contributed by atoms with van der Waals surface area (Å²) in [6.45, 7) is 12.4. The average molecular weight is 325 g/mol. The van der Waals surface area contributed by atoms with Crippen LogP contribution < -0.4 is 10.2 Å². The van der Waals surface area contributed by atoms with E-state index in [0.717, 1.165) is 12.5 Å². The fourth-order valence-corrected chi connectivity index (χ4v) is 3.69. The van der Waals surface area contributed by atoms with Gasteiger partial charge in [0.05, 0.1) is 0 Å². The summed E-state index contributed by atoms with van der Waals surface area (Å²) in [5, 5.41) is 3.56. The lowest BCUT2D eigenvalue weighted by Gasteiger charge is -2.24. The number of rotatable bonds is 4. The van der Waals surface area contributed by atoms with Gasteiger partial charge in [0.2, 0.25) is 0 Å². The highest BCUT2D eigenvalue weighted by Gasteiger charge is 2.24. The molecule has 1 aromatic carbocycles. The fraction of sp³-hybridized carbons (Fsp3) is 0.625. The molecule has 1 heterocycles. The Bertz CT molecular complexity index is 419. The van der Waals surface area contributed by atoms with Crippen molar-refractivity contribution in [1.29, 1.82) is 0 Å². The van der Waals surface area contributed by atoms with Crippen molar-refractivity contribution >= 4 is 21.6 Å². The largest absolute Gasteiger partial charge is 0.371 e. The molecule has 0 aliphatic carbocycles. The number of nitrogens with one attached hydrogen (secondary N) is 1. The zero-order valence-corrected chi connectivity index (χ0v) is 14.0. The van der Waals surface area contributed by atoms with Crippen molar-refractivity contribution < 1.29 is 0 Å². The van der Waals surface area contributed by atoms with Crippen molar-refractivity contribution in [2.24, 2.45) is 5.92 Å². The Labute approximate surface area is 125 Å². The number of hydrogen-bond acceptors (Lipinski definition) is 2. The molecule has 0 amide bonds. The standard InChI is InChI=1S/C16H25BrN2/c1-11(2)18-9-14-5-6-19(10-14)16-12(3)7-15(17)8-13(16)4/h7-8,11,14,18H,5-6,9-10H2,1-4H3. The van der Waals surface area contributed by atoms with E-state index < -0.39 is 0 Å². The lowest BCUT2D eigenvalue weighted by atomic mass is 10.1. The summed E-state index contributed by atoms with van der Waals surface area (Å²) >= 11 is 3.58. The molecule has 1 saturated heterocycles. The van der Waals surface area contributed by atoms with Gasteiger partial charge >= 0.3 is 0 Å². The van der Waals surface area contributed by atoms with E-state index in [0.29, 0.717) is 6.04 Å². The van der Waals surface area contributed by atoms with Crippen molar-refractivity contribution in [3.63, 3.8) is 0 Å². The minimum atomic E-state index is 0.588. The molecule has 1 aliphatic heterocycles. The molecule has 19 heavy (non-hydrogen) atoms. The molecule has 0 aromatic heterocycles. The van der Waals surface area contributed by atoms with E-state index in [1.54, 1.807) is 0 Å². The minimum absolute atomic E-state index is 0.588. The van der Waals surface area contributed by atoms with Crippen LogP contribution in [0.2, 0.25) is 0 Å². The molecule has 106 valence electrons. The molecule has 1 aliphatic rings. The molecule has 1 N–H and O–H groups in total. The van der Waals surface area contributed by atoms with E-state index in [9.17, 15) is 0 Å². The van der Waals surface area contributed by atoms with Gasteiger partial charge in [0.1, 0.15) is 0 Å². The summed E-state index contributed by atoms with van der Waals surface area (Å²) < 4.78 is 1.18. The van der Waals surface area contributed by atoms with Gasteiger partial charge in [-0.2, -0.15) is 0 Å². The first-order valence-corrected chi connectivity index (χ1v) is 8.01. The van der Waals surface area contributed by atoms with Gasteiger partial charge in [0.15, 0.2) is 0 Å². The monoisotopic (exact) mass is 324 g/mol. The molecule has 1 atom stereocenters. The predicted molar refractivity (Wildman–Crippen MR) is 87.1 cm³/mol. The van der Waals surface area contributed by atoms with Gasteiger partial charge in [-0.3, -0.25) is 0 Å². The quantitative estimate of drug-likeness (QED) is 0.903. The highest BCUT2D eigenvalue weighted by molar-refractivity contribution is 9.10. The van der Waals surface area contributed by atoms with Crippen LogP contribution in [0, 0.1) is 19.8 Å². The van der Waals surface area contributed by atoms with Gasteiger partial charge in [-0.25, -0.2) is 0 Å². The Morgan fingerprint density at radius 1 is 1.32 bits per heavy atom. The van der Waals surface area contributed by atoms with Crippen LogP contribution >= 0.6 is 15.9 Å². The molecule has 1 unspecified atom stereocenters. The van der Waals surface area contributed by atoms with E-state index >= 15 is 0 Å². The molecule has 0 radical (unpaired) electrons. The molecule has 0 bridgehead atoms. The summed E-state index contributed by atoms with van der Waals surface area (Å²) in [5.41, 5.74) is 4.20. The second-order valence-corrected chi connectivity index (χ2v) is 6.97. The Morgan fingerprint density at radius 3 is 2.53 bits per heavy atom. The highest BCUT2D eigenvalue weighted by atomic mass is 79.9. The smallest absolute Gasteiger partial charge is 0.0426 e. The van der Waals surface area contributed by atoms with Gasteiger partial charge in [0.25, 0.3) is 0 Å². The summed E-state index contributed by atoms with van der Waals surface area (Å²) in [5.74, 6) is 0.782. The number of nitrogens with zero attached hydrogens (tertiary/aromatic N) is 1. The van der Waals surface area contributed by atoms with Crippen LogP contribution in [0.3, 0.4) is 0 Å². The molecular weight excluding hydrogens is 300 g/mol. The zero-order chi connectivity index (χ0) is 14.0. The lowest BCUT2D eigenvalue weighted by Crippen LogP contribution is -2.31. The SMILES string of the molecule is Cc1cc(Br)cc(C)c1N1CCC(CNC(C)C)C1. The molecule has 3 heteroatoms. The maximum atomic E-state index is 3.58. The first kappa shape index (κ1) is 14.9. The minimum Gasteiger partial charge on any atom is -0.371 e. The van der Waals surface area contributed by atoms with E-state index in [1.807, 2.05) is 0 Å². The van der Waals surface area contributed by atoms with E-state index in [1.165, 1.54) is 40.8 Å². The predicted octanol–water partition coefficient (Wildman–Crippen LogP) is 3.89. The molecule has 1 aromatic rings. The van der Waals surface area contributed by atoms with E-state index in [4.69, 9.17) is 0 Å². The van der Waals surface area contributed by atoms with Gasteiger partial charge in [-0.1, -0.05) is 29.8 Å². The van der Waals surface area contributed by atoms with E-state index in [-0.39, 0.29) is 0 Å². The second kappa shape index (κ2) is 6.27. The zero-order valence-electron chi connectivity index (χ0n) is 12.5. The number of aryl methyl sites for hydroxylation is 2. The molecule has 2 rings (SSSR count). The maximum absolute atomic E-state index is 3.58.